The van der Waals surface area contributed by atoms with Gasteiger partial charge in [0.1, 0.15) is 17.5 Å². The summed E-state index contributed by atoms with van der Waals surface area (Å²) in [5, 5.41) is 21.7. The normalized spacial score (nSPS) is 13.3. The highest BCUT2D eigenvalue weighted by atomic mass is 16.6. The predicted molar refractivity (Wildman–Crippen MR) is 86.1 cm³/mol. The Morgan fingerprint density at radius 2 is 1.91 bits per heavy atom. The minimum absolute atomic E-state index is 0.461. The van der Waals surface area contributed by atoms with Gasteiger partial charge < -0.3 is 25.0 Å². The van der Waals surface area contributed by atoms with Gasteiger partial charge >= 0.3 is 6.09 Å². The number of aliphatic hydroxyl groups is 2. The molecule has 6 heteroatoms. The van der Waals surface area contributed by atoms with Gasteiger partial charge in [-0.3, -0.25) is 0 Å². The number of carbonyl (C=O) groups is 1. The van der Waals surface area contributed by atoms with Crippen LogP contribution in [-0.4, -0.2) is 47.8 Å². The third kappa shape index (κ3) is 7.04. The average Bonchev–Trinajstić information content (AvgIpc) is 2.49. The lowest BCUT2D eigenvalue weighted by atomic mass is 10.1. The van der Waals surface area contributed by atoms with Crippen molar-refractivity contribution in [2.24, 2.45) is 0 Å². The summed E-state index contributed by atoms with van der Waals surface area (Å²) in [4.78, 5) is 11.7. The smallest absolute Gasteiger partial charge is 0.408 e. The molecule has 0 saturated heterocycles. The maximum Gasteiger partial charge on any atom is 0.408 e. The number of hydrogen-bond donors (Lipinski definition) is 3. The third-order valence-electron chi connectivity index (χ3n) is 2.73. The van der Waals surface area contributed by atoms with Gasteiger partial charge in [0.05, 0.1) is 19.8 Å². The Morgan fingerprint density at radius 1 is 1.30 bits per heavy atom. The second kappa shape index (κ2) is 8.42. The number of rotatable bonds is 4. The van der Waals surface area contributed by atoms with E-state index in [1.165, 1.54) is 0 Å². The second-order valence-electron chi connectivity index (χ2n) is 5.88. The van der Waals surface area contributed by atoms with Crippen LogP contribution < -0.4 is 10.1 Å². The molecule has 1 aromatic carbocycles. The van der Waals surface area contributed by atoms with Crippen LogP contribution in [0.4, 0.5) is 4.79 Å². The Morgan fingerprint density at radius 3 is 2.39 bits per heavy atom. The molecule has 0 aliphatic carbocycles. The van der Waals surface area contributed by atoms with Crippen LogP contribution in [0.15, 0.2) is 24.3 Å². The summed E-state index contributed by atoms with van der Waals surface area (Å²) < 4.78 is 10.1. The van der Waals surface area contributed by atoms with Gasteiger partial charge in [0.25, 0.3) is 0 Å². The van der Waals surface area contributed by atoms with Crippen LogP contribution in [0.1, 0.15) is 26.3 Å². The summed E-state index contributed by atoms with van der Waals surface area (Å²) in [6.07, 6.45) is -1.95. The zero-order chi connectivity index (χ0) is 17.5. The molecule has 23 heavy (non-hydrogen) atoms. The first kappa shape index (κ1) is 18.8. The lowest BCUT2D eigenvalue weighted by Gasteiger charge is -2.23. The molecule has 6 nitrogen and oxygen atoms in total. The summed E-state index contributed by atoms with van der Waals surface area (Å²) in [6.45, 7) is 4.71. The zero-order valence-corrected chi connectivity index (χ0v) is 13.8. The van der Waals surface area contributed by atoms with Gasteiger partial charge in [-0.2, -0.15) is 0 Å². The van der Waals surface area contributed by atoms with Crippen molar-refractivity contribution in [2.45, 2.75) is 38.5 Å². The second-order valence-corrected chi connectivity index (χ2v) is 5.88. The Bertz CT molecular complexity index is 565. The van der Waals surface area contributed by atoms with E-state index >= 15 is 0 Å². The van der Waals surface area contributed by atoms with Crippen molar-refractivity contribution in [2.75, 3.05) is 13.7 Å². The van der Waals surface area contributed by atoms with Crippen molar-refractivity contribution in [3.8, 4) is 17.6 Å². The number of nitrogens with one attached hydrogen (secondary N) is 1. The fourth-order valence-electron chi connectivity index (χ4n) is 1.62. The molecule has 3 N–H and O–H groups in total. The van der Waals surface area contributed by atoms with Crippen LogP contribution in [0.5, 0.6) is 5.75 Å². The van der Waals surface area contributed by atoms with Crippen LogP contribution in [0.2, 0.25) is 0 Å². The molecule has 0 aliphatic rings. The van der Waals surface area contributed by atoms with Crippen LogP contribution in [0.3, 0.4) is 0 Å². The van der Waals surface area contributed by atoms with E-state index in [2.05, 4.69) is 17.2 Å². The Hall–Kier alpha value is -2.23. The summed E-state index contributed by atoms with van der Waals surface area (Å²) >= 11 is 0. The van der Waals surface area contributed by atoms with E-state index < -0.39 is 30.4 Å². The SMILES string of the molecule is COc1ccc(C#C[C@@H](O)[C@H](CO)NC(=O)OC(C)(C)C)cc1. The first-order valence-corrected chi connectivity index (χ1v) is 7.19. The molecule has 0 aromatic heterocycles. The molecule has 1 rings (SSSR count). The molecule has 0 radical (unpaired) electrons. The molecule has 1 amide bonds. The maximum absolute atomic E-state index is 11.7. The zero-order valence-electron chi connectivity index (χ0n) is 13.8. The monoisotopic (exact) mass is 321 g/mol. The van der Waals surface area contributed by atoms with Gasteiger partial charge in [-0.1, -0.05) is 11.8 Å². The van der Waals surface area contributed by atoms with E-state index in [-0.39, 0.29) is 0 Å². The van der Waals surface area contributed by atoms with Gasteiger partial charge in [0.15, 0.2) is 0 Å². The molecular weight excluding hydrogens is 298 g/mol. The quantitative estimate of drug-likeness (QED) is 0.728. The van der Waals surface area contributed by atoms with Crippen molar-refractivity contribution in [1.82, 2.24) is 5.32 Å². The third-order valence-corrected chi connectivity index (χ3v) is 2.73. The first-order chi connectivity index (χ1) is 10.7. The molecule has 0 spiro atoms. The summed E-state index contributed by atoms with van der Waals surface area (Å²) in [5.74, 6) is 6.07. The molecule has 0 bridgehead atoms. The molecule has 0 heterocycles. The number of ether oxygens (including phenoxy) is 2. The Kier molecular flexibility index (Phi) is 6.89. The molecule has 126 valence electrons. The number of aliphatic hydroxyl groups excluding tert-OH is 2. The highest BCUT2D eigenvalue weighted by Gasteiger charge is 2.22. The van der Waals surface area contributed by atoms with Crippen LogP contribution in [0, 0.1) is 11.8 Å². The Labute approximate surface area is 136 Å². The van der Waals surface area contributed by atoms with Gasteiger partial charge in [-0.05, 0) is 45.0 Å². The van der Waals surface area contributed by atoms with Gasteiger partial charge in [0.2, 0.25) is 0 Å². The molecule has 2 atom stereocenters. The standard InChI is InChI=1S/C17H23NO5/c1-17(2,3)23-16(21)18-14(11-19)15(20)10-7-12-5-8-13(22-4)9-6-12/h5-6,8-9,14-15,19-20H,11H2,1-4H3,(H,18,21)/t14-,15+/m0/s1. The van der Waals surface area contributed by atoms with E-state index in [0.29, 0.717) is 11.3 Å². The number of methoxy groups -OCH3 is 1. The fourth-order valence-corrected chi connectivity index (χ4v) is 1.62. The van der Waals surface area contributed by atoms with Crippen LogP contribution in [0.25, 0.3) is 0 Å². The molecule has 0 aliphatic heterocycles. The van der Waals surface area contributed by atoms with E-state index in [4.69, 9.17) is 9.47 Å². The number of alkyl carbamates (subject to hydrolysis) is 1. The number of carbonyl (C=O) groups excluding carboxylic acids is 1. The minimum Gasteiger partial charge on any atom is -0.497 e. The highest BCUT2D eigenvalue weighted by molar-refractivity contribution is 5.68. The van der Waals surface area contributed by atoms with E-state index in [9.17, 15) is 15.0 Å². The highest BCUT2D eigenvalue weighted by Crippen LogP contribution is 2.10. The number of hydrogen-bond acceptors (Lipinski definition) is 5. The fraction of sp³-hybridized carbons (Fsp3) is 0.471. The lowest BCUT2D eigenvalue weighted by molar-refractivity contribution is 0.0413. The molecular formula is C17H23NO5. The number of amides is 1. The van der Waals surface area contributed by atoms with Crippen LogP contribution >= 0.6 is 0 Å². The largest absolute Gasteiger partial charge is 0.497 e. The molecule has 0 unspecified atom stereocenters. The van der Waals surface area contributed by atoms with Gasteiger partial charge in [-0.15, -0.1) is 0 Å². The van der Waals surface area contributed by atoms with Crippen molar-refractivity contribution in [3.05, 3.63) is 29.8 Å². The van der Waals surface area contributed by atoms with E-state index in [1.807, 2.05) is 0 Å². The summed E-state index contributed by atoms with van der Waals surface area (Å²) in [6, 6.07) is 6.05. The topological polar surface area (TPSA) is 88.0 Å². The predicted octanol–water partition coefficient (Wildman–Crippen LogP) is 1.29. The van der Waals surface area contributed by atoms with Crippen molar-refractivity contribution >= 4 is 6.09 Å². The van der Waals surface area contributed by atoms with Gasteiger partial charge in [-0.25, -0.2) is 4.79 Å². The van der Waals surface area contributed by atoms with Crippen LogP contribution in [-0.2, 0) is 4.74 Å². The maximum atomic E-state index is 11.7. The molecule has 0 saturated carbocycles. The molecule has 1 aromatic rings. The Balaban J connectivity index is 2.68. The lowest BCUT2D eigenvalue weighted by Crippen LogP contribution is -2.47. The van der Waals surface area contributed by atoms with Crippen molar-refractivity contribution in [1.29, 1.82) is 0 Å². The number of benzene rings is 1. The van der Waals surface area contributed by atoms with E-state index in [0.717, 1.165) is 0 Å². The first-order valence-electron chi connectivity index (χ1n) is 7.19. The average molecular weight is 321 g/mol. The summed E-state index contributed by atoms with van der Waals surface area (Å²) in [5.41, 5.74) is 0.0166. The summed E-state index contributed by atoms with van der Waals surface area (Å²) in [7, 11) is 1.57. The molecule has 0 fully saturated rings. The minimum atomic E-state index is -1.23. The van der Waals surface area contributed by atoms with Gasteiger partial charge in [0, 0.05) is 5.56 Å². The van der Waals surface area contributed by atoms with Crippen molar-refractivity contribution < 1.29 is 24.5 Å². The van der Waals surface area contributed by atoms with E-state index in [1.54, 1.807) is 52.1 Å². The van der Waals surface area contributed by atoms with Crippen molar-refractivity contribution in [3.63, 3.8) is 0 Å².